The molecule has 0 aliphatic carbocycles. The van der Waals surface area contributed by atoms with Crippen molar-refractivity contribution in [1.82, 2.24) is 9.80 Å². The predicted octanol–water partition coefficient (Wildman–Crippen LogP) is 5.97. The topological polar surface area (TPSA) is 139 Å². The van der Waals surface area contributed by atoms with Crippen LogP contribution in [-0.2, 0) is 4.74 Å². The molecule has 4 aliphatic heterocycles. The van der Waals surface area contributed by atoms with Gasteiger partial charge < -0.3 is 43.9 Å². The van der Waals surface area contributed by atoms with Crippen molar-refractivity contribution in [2.45, 2.75) is 68.3 Å². The zero-order valence-electron chi connectivity index (χ0n) is 31.4. The Morgan fingerprint density at radius 3 is 2.17 bits per heavy atom. The quantitative estimate of drug-likeness (QED) is 0.0904. The van der Waals surface area contributed by atoms with Crippen molar-refractivity contribution < 1.29 is 43.2 Å². The van der Waals surface area contributed by atoms with Gasteiger partial charge in [-0.15, -0.1) is 11.8 Å². The highest BCUT2D eigenvalue weighted by Crippen LogP contribution is 2.42. The van der Waals surface area contributed by atoms with Crippen molar-refractivity contribution in [2.75, 3.05) is 69.6 Å². The molecule has 6 rings (SSSR count). The van der Waals surface area contributed by atoms with Gasteiger partial charge in [-0.1, -0.05) is 24.3 Å². The van der Waals surface area contributed by atoms with Crippen LogP contribution < -0.4 is 29.2 Å². The number of anilines is 2. The SMILES string of the molecule is C=C1CC2CNc3cc(OCCCCCOc4cc5c(cc4OC)C(=O)N4CC(=C)C[C@H]4[C@H](O)N5C(=O)OCCSC(C)(C)S)c(OC)cc3C(=O)N2C1. The highest BCUT2D eigenvalue weighted by Gasteiger charge is 2.46. The Kier molecular flexibility index (Phi) is 12.2. The molecule has 2 N–H and O–H groups in total. The van der Waals surface area contributed by atoms with Gasteiger partial charge in [0.1, 0.15) is 6.61 Å². The lowest BCUT2D eigenvalue weighted by atomic mass is 10.1. The minimum Gasteiger partial charge on any atom is -0.493 e. The van der Waals surface area contributed by atoms with E-state index >= 15 is 0 Å². The molecule has 3 amide bonds. The normalized spacial score (nSPS) is 20.7. The third kappa shape index (κ3) is 8.52. The van der Waals surface area contributed by atoms with Crippen molar-refractivity contribution in [3.05, 3.63) is 59.7 Å². The Bertz CT molecular complexity index is 1800. The summed E-state index contributed by atoms with van der Waals surface area (Å²) in [5.74, 6) is 1.81. The molecule has 292 valence electrons. The Morgan fingerprint density at radius 2 is 1.50 bits per heavy atom. The van der Waals surface area contributed by atoms with E-state index in [1.165, 1.54) is 23.8 Å². The maximum absolute atomic E-state index is 13.8. The lowest BCUT2D eigenvalue weighted by molar-refractivity contribution is 0.0493. The first-order valence-corrected chi connectivity index (χ1v) is 19.6. The highest BCUT2D eigenvalue weighted by atomic mass is 32.2. The van der Waals surface area contributed by atoms with Gasteiger partial charge in [-0.2, -0.15) is 12.6 Å². The van der Waals surface area contributed by atoms with Crippen LogP contribution in [0, 0.1) is 0 Å². The number of hydrogen-bond acceptors (Lipinski definition) is 12. The molecule has 2 fully saturated rings. The standard InChI is InChI=1S/C39H50N4O9S2/c1-23-14-25-20-40-28-18-33(31(48-5)16-26(28)35(44)41(25)21-23)50-10-8-7-9-11-51-34-19-29-27(17-32(34)49-6)36(45)42-22-24(2)15-30(42)37(46)43(29)38(47)52-12-13-54-39(3,4)53/h16-19,25,30,37,40,46,53H,1-2,7-15,20-22H2,3-6H3/t25?,30-,37-/m0/s1. The van der Waals surface area contributed by atoms with E-state index in [0.29, 0.717) is 73.5 Å². The Hall–Kier alpha value is -4.21. The van der Waals surface area contributed by atoms with E-state index in [1.54, 1.807) is 25.3 Å². The number of aliphatic hydroxyl groups is 1. The number of carbonyl (C=O) groups is 3. The summed E-state index contributed by atoms with van der Waals surface area (Å²) >= 11 is 6.04. The van der Waals surface area contributed by atoms with Gasteiger partial charge in [0, 0.05) is 37.5 Å². The van der Waals surface area contributed by atoms with Gasteiger partial charge in [0.25, 0.3) is 11.8 Å². The number of aliphatic hydroxyl groups excluding tert-OH is 1. The molecule has 0 spiro atoms. The molecule has 13 nitrogen and oxygen atoms in total. The molecule has 0 radical (unpaired) electrons. The zero-order chi connectivity index (χ0) is 38.7. The summed E-state index contributed by atoms with van der Waals surface area (Å²) in [5.41, 5.74) is 3.49. The number of hydrogen-bond donors (Lipinski definition) is 3. The van der Waals surface area contributed by atoms with Crippen LogP contribution in [0.4, 0.5) is 16.2 Å². The van der Waals surface area contributed by atoms with Gasteiger partial charge in [0.05, 0.1) is 66.1 Å². The van der Waals surface area contributed by atoms with E-state index in [1.807, 2.05) is 24.8 Å². The summed E-state index contributed by atoms with van der Waals surface area (Å²) in [6, 6.07) is 6.08. The monoisotopic (exact) mass is 782 g/mol. The highest BCUT2D eigenvalue weighted by molar-refractivity contribution is 8.11. The number of carbonyl (C=O) groups excluding carboxylic acids is 3. The molecule has 0 aromatic heterocycles. The van der Waals surface area contributed by atoms with Crippen LogP contribution in [0.25, 0.3) is 0 Å². The van der Waals surface area contributed by atoms with E-state index in [4.69, 9.17) is 23.7 Å². The number of ether oxygens (including phenoxy) is 5. The number of benzene rings is 2. The molecule has 2 saturated heterocycles. The molecule has 2 aromatic rings. The first-order chi connectivity index (χ1) is 25.8. The zero-order valence-corrected chi connectivity index (χ0v) is 33.1. The Labute approximate surface area is 326 Å². The lowest BCUT2D eigenvalue weighted by Crippen LogP contribution is -2.51. The average molecular weight is 783 g/mol. The smallest absolute Gasteiger partial charge is 0.416 e. The lowest BCUT2D eigenvalue weighted by Gasteiger charge is -2.31. The summed E-state index contributed by atoms with van der Waals surface area (Å²) in [6.45, 7) is 14.3. The maximum atomic E-state index is 13.8. The number of methoxy groups -OCH3 is 2. The second kappa shape index (κ2) is 16.7. The Balaban J connectivity index is 1.08. The number of unbranched alkanes of at least 4 members (excludes halogenated alkanes) is 2. The largest absolute Gasteiger partial charge is 0.493 e. The average Bonchev–Trinajstić information content (AvgIpc) is 3.67. The van der Waals surface area contributed by atoms with Gasteiger partial charge in [-0.25, -0.2) is 9.69 Å². The summed E-state index contributed by atoms with van der Waals surface area (Å²) in [4.78, 5) is 45.3. The maximum Gasteiger partial charge on any atom is 0.416 e. The minimum absolute atomic E-state index is 0.0417. The van der Waals surface area contributed by atoms with Crippen molar-refractivity contribution >= 4 is 53.7 Å². The molecule has 2 aromatic carbocycles. The molecular formula is C39H50N4O9S2. The van der Waals surface area contributed by atoms with E-state index in [-0.39, 0.29) is 46.3 Å². The summed E-state index contributed by atoms with van der Waals surface area (Å²) in [5, 5.41) is 15.0. The number of fused-ring (bicyclic) bond motifs is 4. The first-order valence-electron chi connectivity index (χ1n) is 18.2. The molecule has 4 aliphatic rings. The van der Waals surface area contributed by atoms with E-state index in [9.17, 15) is 19.5 Å². The van der Waals surface area contributed by atoms with Crippen molar-refractivity contribution in [1.29, 1.82) is 0 Å². The molecule has 4 heterocycles. The van der Waals surface area contributed by atoms with Gasteiger partial charge in [0.15, 0.2) is 29.2 Å². The number of thioether (sulfide) groups is 1. The van der Waals surface area contributed by atoms with Gasteiger partial charge in [-0.05, 0) is 58.1 Å². The fraction of sp³-hybridized carbons (Fsp3) is 0.513. The Morgan fingerprint density at radius 1 is 0.889 bits per heavy atom. The minimum atomic E-state index is -1.37. The number of nitrogens with zero attached hydrogens (tertiary/aromatic N) is 3. The second-order valence-corrected chi connectivity index (χ2v) is 17.5. The summed E-state index contributed by atoms with van der Waals surface area (Å²) in [7, 11) is 3.04. The molecule has 1 unspecified atom stereocenters. The van der Waals surface area contributed by atoms with Crippen LogP contribution in [0.2, 0.25) is 0 Å². The summed E-state index contributed by atoms with van der Waals surface area (Å²) < 4.78 is 28.8. The van der Waals surface area contributed by atoms with Crippen LogP contribution >= 0.6 is 24.4 Å². The third-order valence-corrected chi connectivity index (χ3v) is 11.3. The molecule has 54 heavy (non-hydrogen) atoms. The van der Waals surface area contributed by atoms with E-state index in [2.05, 4.69) is 31.1 Å². The third-order valence-electron chi connectivity index (χ3n) is 9.88. The van der Waals surface area contributed by atoms with Crippen LogP contribution in [0.1, 0.15) is 66.7 Å². The van der Waals surface area contributed by atoms with Crippen LogP contribution in [0.5, 0.6) is 23.0 Å². The van der Waals surface area contributed by atoms with Crippen molar-refractivity contribution in [2.24, 2.45) is 0 Å². The molecule has 0 saturated carbocycles. The van der Waals surface area contributed by atoms with Crippen molar-refractivity contribution in [3.8, 4) is 23.0 Å². The first kappa shape index (κ1) is 39.5. The van der Waals surface area contributed by atoms with Gasteiger partial charge in [-0.3, -0.25) is 9.59 Å². The number of thiol groups is 1. The fourth-order valence-corrected chi connectivity index (χ4v) is 8.20. The van der Waals surface area contributed by atoms with E-state index in [0.717, 1.165) is 41.0 Å². The van der Waals surface area contributed by atoms with E-state index < -0.39 is 18.4 Å². The second-order valence-electron chi connectivity index (χ2n) is 14.4. The van der Waals surface area contributed by atoms with Crippen LogP contribution in [0.15, 0.2) is 48.6 Å². The summed E-state index contributed by atoms with van der Waals surface area (Å²) in [6.07, 6.45) is 1.17. The van der Waals surface area contributed by atoms with Gasteiger partial charge in [0.2, 0.25) is 0 Å². The van der Waals surface area contributed by atoms with Crippen LogP contribution in [-0.4, -0.2) is 115 Å². The fourth-order valence-electron chi connectivity index (χ4n) is 7.26. The predicted molar refractivity (Wildman–Crippen MR) is 212 cm³/mol. The van der Waals surface area contributed by atoms with Crippen molar-refractivity contribution in [3.63, 3.8) is 0 Å². The molecule has 3 atom stereocenters. The number of rotatable bonds is 14. The molecular weight excluding hydrogens is 733 g/mol. The van der Waals surface area contributed by atoms with Gasteiger partial charge >= 0.3 is 6.09 Å². The molecule has 15 heteroatoms. The van der Waals surface area contributed by atoms with Crippen LogP contribution in [0.3, 0.4) is 0 Å². The molecule has 0 bridgehead atoms. The number of amides is 3. The number of nitrogens with one attached hydrogen (secondary N) is 1.